The van der Waals surface area contributed by atoms with Crippen molar-refractivity contribution in [1.29, 1.82) is 0 Å². The fraction of sp³-hybridized carbons (Fsp3) is 0. The van der Waals surface area contributed by atoms with Crippen LogP contribution in [0.1, 0.15) is 0 Å². The van der Waals surface area contributed by atoms with Gasteiger partial charge in [-0.3, -0.25) is 0 Å². The standard InChI is InChI=1S/C60H34O2/c1-2-12-35(13-3-1)37-24-28-54-50(30-37)51-31-38(25-29-55(51)61-54)58-44-18-8-10-20-46(44)59(47-21-11-9-19-45(47)58)39-23-26-43-52-33-53-49(34-57(52)62-56(43)32-39)42-17-7-6-16-41(42)48-27-22-36-14-4-5-15-40(36)60(48)53/h1-34H. The first-order valence-electron chi connectivity index (χ1n) is 21.3. The van der Waals surface area contributed by atoms with Crippen molar-refractivity contribution in [1.82, 2.24) is 0 Å². The molecule has 2 nitrogen and oxygen atoms in total. The van der Waals surface area contributed by atoms with Crippen molar-refractivity contribution in [2.24, 2.45) is 0 Å². The molecule has 0 fully saturated rings. The third-order valence-electron chi connectivity index (χ3n) is 13.4. The molecule has 0 amide bonds. The van der Waals surface area contributed by atoms with Gasteiger partial charge in [0.05, 0.1) is 0 Å². The Morgan fingerprint density at radius 2 is 0.694 bits per heavy atom. The van der Waals surface area contributed by atoms with Crippen LogP contribution in [0.15, 0.2) is 215 Å². The molecule has 0 aliphatic carbocycles. The molecule has 2 heteroatoms. The molecule has 0 N–H and O–H groups in total. The quantitative estimate of drug-likeness (QED) is 0.132. The van der Waals surface area contributed by atoms with E-state index in [0.29, 0.717) is 0 Å². The molecule has 0 radical (unpaired) electrons. The van der Waals surface area contributed by atoms with Crippen LogP contribution in [0.4, 0.5) is 0 Å². The van der Waals surface area contributed by atoms with Crippen LogP contribution in [0.2, 0.25) is 0 Å². The van der Waals surface area contributed by atoms with E-state index in [1.165, 1.54) is 86.9 Å². The third-order valence-corrected chi connectivity index (χ3v) is 13.4. The molecule has 0 saturated carbocycles. The van der Waals surface area contributed by atoms with Gasteiger partial charge in [-0.1, -0.05) is 158 Å². The molecule has 0 atom stereocenters. The summed E-state index contributed by atoms with van der Waals surface area (Å²) in [6.07, 6.45) is 0. The van der Waals surface area contributed by atoms with E-state index in [4.69, 9.17) is 8.83 Å². The monoisotopic (exact) mass is 786 g/mol. The Bertz CT molecular complexity index is 4150. The molecule has 0 bridgehead atoms. The van der Waals surface area contributed by atoms with Gasteiger partial charge in [-0.25, -0.2) is 0 Å². The highest BCUT2D eigenvalue weighted by molar-refractivity contribution is 6.33. The Balaban J connectivity index is 0.985. The molecule has 0 unspecified atom stereocenters. The van der Waals surface area contributed by atoms with Gasteiger partial charge in [-0.15, -0.1) is 0 Å². The van der Waals surface area contributed by atoms with Gasteiger partial charge in [0.1, 0.15) is 22.3 Å². The summed E-state index contributed by atoms with van der Waals surface area (Å²) >= 11 is 0. The molecule has 14 aromatic rings. The van der Waals surface area contributed by atoms with Crippen molar-refractivity contribution >= 4 is 109 Å². The van der Waals surface area contributed by atoms with E-state index in [-0.39, 0.29) is 0 Å². The Labute approximate surface area is 355 Å². The molecule has 286 valence electrons. The van der Waals surface area contributed by atoms with Gasteiger partial charge in [0, 0.05) is 21.5 Å². The maximum atomic E-state index is 6.88. The third kappa shape index (κ3) is 4.75. The molecule has 14 rings (SSSR count). The molecule has 2 aromatic heterocycles. The number of hydrogen-bond donors (Lipinski definition) is 0. The largest absolute Gasteiger partial charge is 0.456 e. The van der Waals surface area contributed by atoms with Gasteiger partial charge in [-0.2, -0.15) is 0 Å². The molecule has 0 spiro atoms. The Kier molecular flexibility index (Phi) is 6.86. The van der Waals surface area contributed by atoms with E-state index in [9.17, 15) is 0 Å². The zero-order valence-electron chi connectivity index (χ0n) is 33.4. The predicted octanol–water partition coefficient (Wildman–Crippen LogP) is 17.4. The molecular formula is C60H34O2. The summed E-state index contributed by atoms with van der Waals surface area (Å²) in [6, 6.07) is 75.0. The summed E-state index contributed by atoms with van der Waals surface area (Å²) in [7, 11) is 0. The zero-order chi connectivity index (χ0) is 40.5. The summed E-state index contributed by atoms with van der Waals surface area (Å²) in [5, 5.41) is 19.4. The van der Waals surface area contributed by atoms with Crippen molar-refractivity contribution in [2.45, 2.75) is 0 Å². The lowest BCUT2D eigenvalue weighted by Gasteiger charge is -2.17. The smallest absolute Gasteiger partial charge is 0.136 e. The van der Waals surface area contributed by atoms with Crippen LogP contribution < -0.4 is 0 Å². The zero-order valence-corrected chi connectivity index (χ0v) is 33.4. The molecule has 0 saturated heterocycles. The second-order valence-corrected chi connectivity index (χ2v) is 16.7. The van der Waals surface area contributed by atoms with Crippen molar-refractivity contribution in [3.8, 4) is 33.4 Å². The van der Waals surface area contributed by atoms with E-state index in [2.05, 4.69) is 206 Å². The van der Waals surface area contributed by atoms with Gasteiger partial charge in [0.15, 0.2) is 0 Å². The van der Waals surface area contributed by atoms with Crippen molar-refractivity contribution in [3.63, 3.8) is 0 Å². The first-order valence-corrected chi connectivity index (χ1v) is 21.3. The topological polar surface area (TPSA) is 26.3 Å². The van der Waals surface area contributed by atoms with Crippen LogP contribution in [0.25, 0.3) is 142 Å². The summed E-state index contributed by atoms with van der Waals surface area (Å²) in [6.45, 7) is 0. The van der Waals surface area contributed by atoms with E-state index in [1.807, 2.05) is 0 Å². The average Bonchev–Trinajstić information content (AvgIpc) is 3.89. The average molecular weight is 787 g/mol. The van der Waals surface area contributed by atoms with E-state index >= 15 is 0 Å². The fourth-order valence-electron chi connectivity index (χ4n) is 10.6. The summed E-state index contributed by atoms with van der Waals surface area (Å²) < 4.78 is 13.3. The number of rotatable bonds is 3. The minimum atomic E-state index is 0.885. The SMILES string of the molecule is c1ccc(-c2ccc3oc4ccc(-c5c6ccccc6c(-c6ccc7c(c6)oc6cc8c9ccccc9c9ccc%10ccccc%10c9c8cc67)c6ccccc56)cc4c3c2)cc1. The molecule has 0 aliphatic heterocycles. The molecule has 2 heterocycles. The predicted molar refractivity (Wildman–Crippen MR) is 262 cm³/mol. The van der Waals surface area contributed by atoms with Crippen LogP contribution >= 0.6 is 0 Å². The lowest BCUT2D eigenvalue weighted by molar-refractivity contribution is 0.669. The Hall–Kier alpha value is -8.20. The first-order chi connectivity index (χ1) is 30.7. The maximum Gasteiger partial charge on any atom is 0.136 e. The molecule has 62 heavy (non-hydrogen) atoms. The van der Waals surface area contributed by atoms with Gasteiger partial charge in [0.25, 0.3) is 0 Å². The minimum absolute atomic E-state index is 0.885. The highest BCUT2D eigenvalue weighted by Crippen LogP contribution is 2.47. The van der Waals surface area contributed by atoms with Crippen molar-refractivity contribution in [3.05, 3.63) is 206 Å². The number of furan rings is 2. The fourth-order valence-corrected chi connectivity index (χ4v) is 10.6. The Morgan fingerprint density at radius 1 is 0.210 bits per heavy atom. The molecule has 0 aliphatic rings. The summed E-state index contributed by atoms with van der Waals surface area (Å²) in [5.74, 6) is 0. The maximum absolute atomic E-state index is 6.88. The summed E-state index contributed by atoms with van der Waals surface area (Å²) in [5.41, 5.74) is 10.7. The van der Waals surface area contributed by atoms with Crippen molar-refractivity contribution < 1.29 is 8.83 Å². The first kappa shape index (κ1) is 33.6. The van der Waals surface area contributed by atoms with Gasteiger partial charge >= 0.3 is 0 Å². The van der Waals surface area contributed by atoms with Crippen LogP contribution in [0, 0.1) is 0 Å². The normalized spacial score (nSPS) is 12.2. The van der Waals surface area contributed by atoms with Gasteiger partial charge in [0.2, 0.25) is 0 Å². The lowest BCUT2D eigenvalue weighted by atomic mass is 9.85. The van der Waals surface area contributed by atoms with Gasteiger partial charge < -0.3 is 8.83 Å². The lowest BCUT2D eigenvalue weighted by Crippen LogP contribution is -1.90. The van der Waals surface area contributed by atoms with E-state index in [1.54, 1.807) is 0 Å². The van der Waals surface area contributed by atoms with Crippen LogP contribution in [0.3, 0.4) is 0 Å². The molecular weight excluding hydrogens is 753 g/mol. The highest BCUT2D eigenvalue weighted by atomic mass is 16.3. The minimum Gasteiger partial charge on any atom is -0.456 e. The van der Waals surface area contributed by atoms with Crippen LogP contribution in [0.5, 0.6) is 0 Å². The van der Waals surface area contributed by atoms with Crippen LogP contribution in [-0.4, -0.2) is 0 Å². The van der Waals surface area contributed by atoms with Gasteiger partial charge in [-0.05, 0) is 147 Å². The van der Waals surface area contributed by atoms with Crippen LogP contribution in [-0.2, 0) is 0 Å². The Morgan fingerprint density at radius 3 is 1.39 bits per heavy atom. The van der Waals surface area contributed by atoms with Crippen molar-refractivity contribution in [2.75, 3.05) is 0 Å². The second-order valence-electron chi connectivity index (χ2n) is 16.7. The summed E-state index contributed by atoms with van der Waals surface area (Å²) in [4.78, 5) is 0. The van der Waals surface area contributed by atoms with E-state index < -0.39 is 0 Å². The molecule has 12 aromatic carbocycles. The number of hydrogen-bond acceptors (Lipinski definition) is 2. The number of fused-ring (bicyclic) bond motifs is 16. The van der Waals surface area contributed by atoms with E-state index in [0.717, 1.165) is 55.0 Å². The highest BCUT2D eigenvalue weighted by Gasteiger charge is 2.20. The number of benzene rings is 12. The second kappa shape index (κ2) is 12.7.